The van der Waals surface area contributed by atoms with E-state index in [0.717, 1.165) is 11.1 Å². The maximum atomic E-state index is 14.0. The van der Waals surface area contributed by atoms with Crippen LogP contribution in [0, 0.1) is 11.8 Å². The van der Waals surface area contributed by atoms with E-state index in [9.17, 15) is 29.1 Å². The number of likely N-dealkylation sites (tertiary alicyclic amines) is 1. The highest BCUT2D eigenvalue weighted by atomic mass is 16.4. The Morgan fingerprint density at radius 1 is 0.760 bits per heavy atom. The lowest BCUT2D eigenvalue weighted by atomic mass is 9.88. The van der Waals surface area contributed by atoms with Crippen molar-refractivity contribution in [2.75, 3.05) is 26.2 Å². The molecule has 4 amide bonds. The van der Waals surface area contributed by atoms with Gasteiger partial charge in [0.2, 0.25) is 23.6 Å². The Hall–Kier alpha value is -4.33. The molecule has 1 aliphatic heterocycles. The monoisotopic (exact) mass is 693 g/mol. The molecular weight excluding hydrogens is 638 g/mol. The number of aliphatic carboxylic acids is 1. The molecule has 2 aromatic rings. The molecule has 10 N–H and O–H groups in total. The van der Waals surface area contributed by atoms with Crippen LogP contribution in [0.2, 0.25) is 0 Å². The number of hydrogen-bond donors (Lipinski definition) is 7. The molecule has 0 aromatic heterocycles. The van der Waals surface area contributed by atoms with Crippen molar-refractivity contribution in [3.8, 4) is 0 Å². The van der Waals surface area contributed by atoms with Crippen LogP contribution in [-0.4, -0.2) is 89.4 Å². The van der Waals surface area contributed by atoms with Crippen LogP contribution in [0.3, 0.4) is 0 Å². The fourth-order valence-corrected chi connectivity index (χ4v) is 6.09. The number of nitrogens with zero attached hydrogens (tertiary/aromatic N) is 1. The molecule has 50 heavy (non-hydrogen) atoms. The Morgan fingerprint density at radius 3 is 1.80 bits per heavy atom. The average molecular weight is 694 g/mol. The number of amides is 4. The lowest BCUT2D eigenvalue weighted by Gasteiger charge is -2.38. The Bertz CT molecular complexity index is 1400. The van der Waals surface area contributed by atoms with E-state index < -0.39 is 47.4 Å². The number of carboxylic acid groups (broad SMARTS) is 1. The zero-order chi connectivity index (χ0) is 36.7. The number of hydrogen-bond acceptors (Lipinski definition) is 8. The molecule has 13 heteroatoms. The Balaban J connectivity index is 1.79. The maximum absolute atomic E-state index is 14.0. The summed E-state index contributed by atoms with van der Waals surface area (Å²) < 4.78 is 0. The smallest absolute Gasteiger partial charge is 0.323 e. The van der Waals surface area contributed by atoms with Gasteiger partial charge < -0.3 is 43.2 Å². The Morgan fingerprint density at radius 2 is 1.28 bits per heavy atom. The van der Waals surface area contributed by atoms with Crippen molar-refractivity contribution < 1.29 is 29.1 Å². The van der Waals surface area contributed by atoms with E-state index in [2.05, 4.69) is 16.0 Å². The molecule has 2 aromatic carbocycles. The Kier molecular flexibility index (Phi) is 15.8. The predicted octanol–water partition coefficient (Wildman–Crippen LogP) is 1.08. The first kappa shape index (κ1) is 40.1. The summed E-state index contributed by atoms with van der Waals surface area (Å²) >= 11 is 0. The largest absolute Gasteiger partial charge is 0.480 e. The molecule has 0 radical (unpaired) electrons. The topological polar surface area (TPSA) is 223 Å². The van der Waals surface area contributed by atoms with Crippen LogP contribution in [0.1, 0.15) is 63.5 Å². The third kappa shape index (κ3) is 12.2. The van der Waals surface area contributed by atoms with E-state index in [1.54, 1.807) is 0 Å². The number of nitrogens with two attached hydrogens (primary N) is 3. The van der Waals surface area contributed by atoms with E-state index in [4.69, 9.17) is 17.2 Å². The summed E-state index contributed by atoms with van der Waals surface area (Å²) in [5.74, 6) is -3.44. The molecule has 0 aliphatic carbocycles. The zero-order valence-corrected chi connectivity index (χ0v) is 29.3. The maximum Gasteiger partial charge on any atom is 0.323 e. The molecule has 274 valence electrons. The van der Waals surface area contributed by atoms with Crippen molar-refractivity contribution in [1.29, 1.82) is 0 Å². The van der Waals surface area contributed by atoms with Gasteiger partial charge in [-0.05, 0) is 68.5 Å². The van der Waals surface area contributed by atoms with Gasteiger partial charge in [-0.25, -0.2) is 0 Å². The van der Waals surface area contributed by atoms with Crippen LogP contribution < -0.4 is 33.2 Å². The van der Waals surface area contributed by atoms with E-state index >= 15 is 0 Å². The number of nitrogens with one attached hydrogen (secondary N) is 3. The predicted molar refractivity (Wildman–Crippen MR) is 191 cm³/mol. The molecule has 1 fully saturated rings. The van der Waals surface area contributed by atoms with E-state index in [0.29, 0.717) is 32.2 Å². The average Bonchev–Trinajstić information content (AvgIpc) is 3.10. The van der Waals surface area contributed by atoms with Crippen LogP contribution in [0.25, 0.3) is 0 Å². The van der Waals surface area contributed by atoms with Gasteiger partial charge in [-0.3, -0.25) is 24.0 Å². The van der Waals surface area contributed by atoms with Crippen molar-refractivity contribution >= 4 is 29.6 Å². The van der Waals surface area contributed by atoms with Gasteiger partial charge in [0.05, 0.1) is 5.92 Å². The highest BCUT2D eigenvalue weighted by Crippen LogP contribution is 2.21. The van der Waals surface area contributed by atoms with E-state index in [-0.39, 0.29) is 63.0 Å². The summed E-state index contributed by atoms with van der Waals surface area (Å²) in [7, 11) is 0. The van der Waals surface area contributed by atoms with Crippen LogP contribution in [-0.2, 0) is 36.8 Å². The van der Waals surface area contributed by atoms with Gasteiger partial charge in [0.15, 0.2) is 0 Å². The summed E-state index contributed by atoms with van der Waals surface area (Å²) in [6, 6.07) is 15.9. The highest BCUT2D eigenvalue weighted by molar-refractivity contribution is 5.94. The third-order valence-corrected chi connectivity index (χ3v) is 9.19. The quantitative estimate of drug-likeness (QED) is 0.104. The standard InChI is InChI=1S/C37H55N7O6/c1-25(2)21-30(33(46)41-29(15-9-10-18-38)35(48)44-19-16-37(40,17-20-44)36(49)50)43-34(47)31(23-27-13-7-4-8-14-27)42-32(45)28(24-39)22-26-11-5-3-6-12-26/h3-8,11-14,25,28-31H,9-10,15-24,38-40H2,1-2H3,(H,41,46)(H,42,45)(H,43,47)(H,49,50)/t28-,29-,30-,31-/m1/s1. The molecular formula is C37H55N7O6. The fraction of sp³-hybridized carbons (Fsp3) is 0.541. The van der Waals surface area contributed by atoms with Gasteiger partial charge in [-0.1, -0.05) is 74.5 Å². The van der Waals surface area contributed by atoms with Gasteiger partial charge in [0.25, 0.3) is 0 Å². The number of benzene rings is 2. The lowest BCUT2D eigenvalue weighted by molar-refractivity contribution is -0.148. The van der Waals surface area contributed by atoms with Crippen molar-refractivity contribution in [3.05, 3.63) is 71.8 Å². The summed E-state index contributed by atoms with van der Waals surface area (Å²) in [6.45, 7) is 4.63. The number of carbonyl (C=O) groups is 5. The molecule has 1 saturated heterocycles. The van der Waals surface area contributed by atoms with Gasteiger partial charge >= 0.3 is 5.97 Å². The summed E-state index contributed by atoms with van der Waals surface area (Å²) in [5.41, 5.74) is 18.1. The first-order valence-electron chi connectivity index (χ1n) is 17.6. The normalized spacial score (nSPS) is 16.5. The molecule has 4 atom stereocenters. The molecule has 3 rings (SSSR count). The van der Waals surface area contributed by atoms with E-state index in [1.165, 1.54) is 4.90 Å². The number of piperidine rings is 1. The number of carbonyl (C=O) groups excluding carboxylic acids is 4. The number of rotatable bonds is 19. The van der Waals surface area contributed by atoms with Crippen molar-refractivity contribution in [3.63, 3.8) is 0 Å². The van der Waals surface area contributed by atoms with Crippen LogP contribution in [0.5, 0.6) is 0 Å². The Labute approximate surface area is 295 Å². The van der Waals surface area contributed by atoms with Crippen molar-refractivity contribution in [2.45, 2.75) is 88.9 Å². The van der Waals surface area contributed by atoms with Crippen molar-refractivity contribution in [2.24, 2.45) is 29.0 Å². The first-order valence-corrected chi connectivity index (χ1v) is 17.6. The lowest BCUT2D eigenvalue weighted by Crippen LogP contribution is -2.60. The molecule has 1 heterocycles. The highest BCUT2D eigenvalue weighted by Gasteiger charge is 2.40. The minimum atomic E-state index is -1.40. The van der Waals surface area contributed by atoms with Gasteiger partial charge in [-0.15, -0.1) is 0 Å². The van der Waals surface area contributed by atoms with Gasteiger partial charge in [0, 0.05) is 26.1 Å². The number of carboxylic acids is 1. The minimum absolute atomic E-state index is 0.00268. The van der Waals surface area contributed by atoms with Crippen LogP contribution in [0.15, 0.2) is 60.7 Å². The minimum Gasteiger partial charge on any atom is -0.480 e. The van der Waals surface area contributed by atoms with Crippen molar-refractivity contribution in [1.82, 2.24) is 20.9 Å². The van der Waals surface area contributed by atoms with E-state index in [1.807, 2.05) is 74.5 Å². The molecule has 1 aliphatic rings. The second-order valence-corrected chi connectivity index (χ2v) is 13.7. The molecule has 13 nitrogen and oxygen atoms in total. The first-order chi connectivity index (χ1) is 23.9. The fourth-order valence-electron chi connectivity index (χ4n) is 6.09. The molecule has 0 saturated carbocycles. The second-order valence-electron chi connectivity index (χ2n) is 13.7. The SMILES string of the molecule is CC(C)C[C@@H](NC(=O)[C@@H](Cc1ccccc1)NC(=O)[C@@H](CN)Cc1ccccc1)C(=O)N[C@H](CCCCN)C(=O)N1CCC(N)(C(=O)O)CC1. The molecule has 0 bridgehead atoms. The van der Waals surface area contributed by atoms with Gasteiger partial charge in [0.1, 0.15) is 23.7 Å². The number of unbranched alkanes of at least 4 members (excludes halogenated alkanes) is 1. The molecule has 0 unspecified atom stereocenters. The summed E-state index contributed by atoms with van der Waals surface area (Å²) in [6.07, 6.45) is 2.60. The zero-order valence-electron chi connectivity index (χ0n) is 29.3. The molecule has 0 spiro atoms. The third-order valence-electron chi connectivity index (χ3n) is 9.19. The summed E-state index contributed by atoms with van der Waals surface area (Å²) in [4.78, 5) is 68.2. The second kappa shape index (κ2) is 19.8. The van der Waals surface area contributed by atoms with Crippen LogP contribution in [0.4, 0.5) is 0 Å². The summed E-state index contributed by atoms with van der Waals surface area (Å²) in [5, 5.41) is 18.2. The van der Waals surface area contributed by atoms with Gasteiger partial charge in [-0.2, -0.15) is 0 Å². The van der Waals surface area contributed by atoms with Crippen LogP contribution >= 0.6 is 0 Å².